The third kappa shape index (κ3) is 2.93. The van der Waals surface area contributed by atoms with E-state index < -0.39 is 0 Å². The number of rotatable bonds is 3. The summed E-state index contributed by atoms with van der Waals surface area (Å²) in [5.41, 5.74) is 1.90. The SMILES string of the molecule is CC(C)N1CCN(c2ccc(C=O)c(Br)c2)CC1. The molecule has 0 amide bonds. The number of anilines is 1. The number of hydrogen-bond donors (Lipinski definition) is 0. The molecule has 2 rings (SSSR count). The number of carbonyl (C=O) groups excluding carboxylic acids is 1. The summed E-state index contributed by atoms with van der Waals surface area (Å²) in [7, 11) is 0. The van der Waals surface area contributed by atoms with E-state index in [1.807, 2.05) is 18.2 Å². The third-order valence-electron chi connectivity index (χ3n) is 3.52. The Labute approximate surface area is 117 Å². The maximum Gasteiger partial charge on any atom is 0.151 e. The Morgan fingerprint density at radius 3 is 2.39 bits per heavy atom. The number of aldehydes is 1. The molecule has 0 atom stereocenters. The quantitative estimate of drug-likeness (QED) is 0.802. The summed E-state index contributed by atoms with van der Waals surface area (Å²) in [6.07, 6.45) is 0.880. The molecule has 1 aromatic carbocycles. The standard InChI is InChI=1S/C14H19BrN2O/c1-11(2)16-5-7-17(8-6-16)13-4-3-12(10-18)14(15)9-13/h3-4,9-11H,5-8H2,1-2H3. The summed E-state index contributed by atoms with van der Waals surface area (Å²) in [6.45, 7) is 8.78. The van der Waals surface area contributed by atoms with Gasteiger partial charge in [-0.2, -0.15) is 0 Å². The van der Waals surface area contributed by atoms with Gasteiger partial charge < -0.3 is 4.90 Å². The predicted molar refractivity (Wildman–Crippen MR) is 78.5 cm³/mol. The molecule has 98 valence electrons. The second kappa shape index (κ2) is 5.85. The number of hydrogen-bond acceptors (Lipinski definition) is 3. The van der Waals surface area contributed by atoms with Crippen molar-refractivity contribution in [3.05, 3.63) is 28.2 Å². The molecule has 0 unspecified atom stereocenters. The number of piperazine rings is 1. The van der Waals surface area contributed by atoms with Crippen LogP contribution in [0.2, 0.25) is 0 Å². The first-order valence-electron chi connectivity index (χ1n) is 6.35. The topological polar surface area (TPSA) is 23.6 Å². The van der Waals surface area contributed by atoms with Gasteiger partial charge in [-0.05, 0) is 48.0 Å². The van der Waals surface area contributed by atoms with Gasteiger partial charge in [-0.1, -0.05) is 0 Å². The van der Waals surface area contributed by atoms with Crippen LogP contribution < -0.4 is 4.90 Å². The van der Waals surface area contributed by atoms with E-state index in [0.717, 1.165) is 36.9 Å². The minimum Gasteiger partial charge on any atom is -0.369 e. The lowest BCUT2D eigenvalue weighted by atomic mass is 10.2. The summed E-state index contributed by atoms with van der Waals surface area (Å²) in [5.74, 6) is 0. The molecule has 0 aliphatic carbocycles. The number of benzene rings is 1. The molecule has 1 fully saturated rings. The van der Waals surface area contributed by atoms with E-state index in [2.05, 4.69) is 39.6 Å². The van der Waals surface area contributed by atoms with Gasteiger partial charge in [0.25, 0.3) is 0 Å². The highest BCUT2D eigenvalue weighted by atomic mass is 79.9. The second-order valence-corrected chi connectivity index (χ2v) is 5.79. The van der Waals surface area contributed by atoms with Crippen molar-refractivity contribution in [1.29, 1.82) is 0 Å². The van der Waals surface area contributed by atoms with Crippen LogP contribution in [0.3, 0.4) is 0 Å². The maximum atomic E-state index is 10.8. The Morgan fingerprint density at radius 2 is 1.89 bits per heavy atom. The molecule has 0 spiro atoms. The Kier molecular flexibility index (Phi) is 4.40. The zero-order valence-corrected chi connectivity index (χ0v) is 12.5. The van der Waals surface area contributed by atoms with Gasteiger partial charge in [0.2, 0.25) is 0 Å². The van der Waals surface area contributed by atoms with Crippen molar-refractivity contribution >= 4 is 27.9 Å². The number of nitrogens with zero attached hydrogens (tertiary/aromatic N) is 2. The highest BCUT2D eigenvalue weighted by molar-refractivity contribution is 9.10. The van der Waals surface area contributed by atoms with Gasteiger partial charge in [0.15, 0.2) is 6.29 Å². The molecule has 0 bridgehead atoms. The van der Waals surface area contributed by atoms with Crippen LogP contribution in [0, 0.1) is 0 Å². The molecule has 4 heteroatoms. The molecule has 0 aromatic heterocycles. The van der Waals surface area contributed by atoms with Crippen molar-refractivity contribution in [2.45, 2.75) is 19.9 Å². The van der Waals surface area contributed by atoms with Crippen molar-refractivity contribution < 1.29 is 4.79 Å². The highest BCUT2D eigenvalue weighted by Crippen LogP contribution is 2.24. The van der Waals surface area contributed by atoms with Crippen molar-refractivity contribution in [2.75, 3.05) is 31.1 Å². The van der Waals surface area contributed by atoms with Crippen LogP contribution in [0.15, 0.2) is 22.7 Å². The van der Waals surface area contributed by atoms with Crippen molar-refractivity contribution in [2.24, 2.45) is 0 Å². The highest BCUT2D eigenvalue weighted by Gasteiger charge is 2.19. The van der Waals surface area contributed by atoms with Gasteiger partial charge in [0.1, 0.15) is 0 Å². The summed E-state index contributed by atoms with van der Waals surface area (Å²) in [6, 6.07) is 6.56. The van der Waals surface area contributed by atoms with Crippen LogP contribution >= 0.6 is 15.9 Å². The average Bonchev–Trinajstić information content (AvgIpc) is 2.38. The fourth-order valence-corrected chi connectivity index (χ4v) is 2.77. The van der Waals surface area contributed by atoms with Crippen LogP contribution in [0.1, 0.15) is 24.2 Å². The van der Waals surface area contributed by atoms with E-state index >= 15 is 0 Å². The van der Waals surface area contributed by atoms with Crippen molar-refractivity contribution in [3.63, 3.8) is 0 Å². The van der Waals surface area contributed by atoms with Gasteiger partial charge in [-0.3, -0.25) is 9.69 Å². The van der Waals surface area contributed by atoms with Gasteiger partial charge >= 0.3 is 0 Å². The first-order valence-corrected chi connectivity index (χ1v) is 7.15. The summed E-state index contributed by atoms with van der Waals surface area (Å²) < 4.78 is 0.876. The molecule has 3 nitrogen and oxygen atoms in total. The summed E-state index contributed by atoms with van der Waals surface area (Å²) >= 11 is 3.44. The van der Waals surface area contributed by atoms with Crippen molar-refractivity contribution in [3.8, 4) is 0 Å². The second-order valence-electron chi connectivity index (χ2n) is 4.94. The van der Waals surface area contributed by atoms with Crippen LogP contribution in [-0.2, 0) is 0 Å². The largest absolute Gasteiger partial charge is 0.369 e. The van der Waals surface area contributed by atoms with Crippen molar-refractivity contribution in [1.82, 2.24) is 4.90 Å². The molecular weight excluding hydrogens is 292 g/mol. The molecule has 18 heavy (non-hydrogen) atoms. The first-order chi connectivity index (χ1) is 8.61. The molecule has 1 aliphatic heterocycles. The molecule has 0 N–H and O–H groups in total. The van der Waals surface area contributed by atoms with E-state index in [1.165, 1.54) is 5.69 Å². The lowest BCUT2D eigenvalue weighted by Gasteiger charge is -2.38. The van der Waals surface area contributed by atoms with E-state index in [1.54, 1.807) is 0 Å². The molecule has 1 aliphatic rings. The van der Waals surface area contributed by atoms with Crippen LogP contribution in [0.4, 0.5) is 5.69 Å². The van der Waals surface area contributed by atoms with E-state index in [0.29, 0.717) is 11.6 Å². The normalized spacial score (nSPS) is 17.2. The average molecular weight is 311 g/mol. The Balaban J connectivity index is 2.05. The van der Waals surface area contributed by atoms with E-state index in [9.17, 15) is 4.79 Å². The molecule has 0 saturated carbocycles. The Morgan fingerprint density at radius 1 is 1.22 bits per heavy atom. The monoisotopic (exact) mass is 310 g/mol. The van der Waals surface area contributed by atoms with Crippen LogP contribution in [0.5, 0.6) is 0 Å². The molecule has 0 radical (unpaired) electrons. The maximum absolute atomic E-state index is 10.8. The van der Waals surface area contributed by atoms with Gasteiger partial charge in [0.05, 0.1) is 0 Å². The lowest BCUT2D eigenvalue weighted by Crippen LogP contribution is -2.48. The number of halogens is 1. The fraction of sp³-hybridized carbons (Fsp3) is 0.500. The number of carbonyl (C=O) groups is 1. The fourth-order valence-electron chi connectivity index (χ4n) is 2.30. The molecule has 1 heterocycles. The molecule has 1 aromatic rings. The molecular formula is C14H19BrN2O. The zero-order valence-electron chi connectivity index (χ0n) is 10.9. The van der Waals surface area contributed by atoms with Gasteiger partial charge in [0, 0.05) is 47.9 Å². The lowest BCUT2D eigenvalue weighted by molar-refractivity contribution is 0.112. The molecule has 1 saturated heterocycles. The minimum absolute atomic E-state index is 0.622. The predicted octanol–water partition coefficient (Wildman–Crippen LogP) is 2.79. The van der Waals surface area contributed by atoms with Crippen LogP contribution in [0.25, 0.3) is 0 Å². The summed E-state index contributed by atoms with van der Waals surface area (Å²) in [4.78, 5) is 15.6. The van der Waals surface area contributed by atoms with Gasteiger partial charge in [-0.15, -0.1) is 0 Å². The van der Waals surface area contributed by atoms with Crippen LogP contribution in [-0.4, -0.2) is 43.4 Å². The Hall–Kier alpha value is -0.870. The van der Waals surface area contributed by atoms with E-state index in [4.69, 9.17) is 0 Å². The first kappa shape index (κ1) is 13.6. The smallest absolute Gasteiger partial charge is 0.151 e. The minimum atomic E-state index is 0.622. The van der Waals surface area contributed by atoms with E-state index in [-0.39, 0.29) is 0 Å². The zero-order chi connectivity index (χ0) is 13.1. The Bertz CT molecular complexity index is 426. The third-order valence-corrected chi connectivity index (χ3v) is 4.21. The summed E-state index contributed by atoms with van der Waals surface area (Å²) in [5, 5.41) is 0. The van der Waals surface area contributed by atoms with Gasteiger partial charge in [-0.25, -0.2) is 0 Å².